The number of carbonyl (C=O) groups excluding carboxylic acids is 1. The van der Waals surface area contributed by atoms with Crippen molar-refractivity contribution >= 4 is 5.91 Å². The van der Waals surface area contributed by atoms with Gasteiger partial charge in [-0.2, -0.15) is 0 Å². The highest BCUT2D eigenvalue weighted by atomic mass is 16.2. The molecule has 0 spiro atoms. The summed E-state index contributed by atoms with van der Waals surface area (Å²) in [6, 6.07) is 0.507. The zero-order chi connectivity index (χ0) is 12.8. The first-order valence-electron chi connectivity index (χ1n) is 7.76. The van der Waals surface area contributed by atoms with Crippen molar-refractivity contribution in [2.75, 3.05) is 20.1 Å². The quantitative estimate of drug-likeness (QED) is 0.834. The number of likely N-dealkylation sites (N-methyl/N-ethyl adjacent to an activating group) is 1. The number of hydrogen-bond acceptors (Lipinski definition) is 2. The first-order valence-corrected chi connectivity index (χ1v) is 7.76. The predicted octanol–water partition coefficient (Wildman–Crippen LogP) is 2.56. The van der Waals surface area contributed by atoms with E-state index < -0.39 is 0 Å². The van der Waals surface area contributed by atoms with E-state index in [0.717, 1.165) is 31.8 Å². The van der Waals surface area contributed by atoms with E-state index in [-0.39, 0.29) is 0 Å². The van der Waals surface area contributed by atoms with E-state index in [9.17, 15) is 4.79 Å². The molecule has 0 aromatic rings. The highest BCUT2D eigenvalue weighted by Gasteiger charge is 2.26. The molecule has 0 aromatic heterocycles. The van der Waals surface area contributed by atoms with Gasteiger partial charge in [0, 0.05) is 25.6 Å². The second kappa shape index (κ2) is 7.13. The molecule has 3 heteroatoms. The van der Waals surface area contributed by atoms with Crippen molar-refractivity contribution in [3.05, 3.63) is 0 Å². The van der Waals surface area contributed by atoms with Crippen LogP contribution < -0.4 is 5.32 Å². The van der Waals surface area contributed by atoms with Crippen molar-refractivity contribution in [1.82, 2.24) is 10.2 Å². The molecule has 1 heterocycles. The normalized spacial score (nSPS) is 24.9. The summed E-state index contributed by atoms with van der Waals surface area (Å²) in [5.74, 6) is 1.16. The Balaban J connectivity index is 1.89. The Labute approximate surface area is 111 Å². The fourth-order valence-electron chi connectivity index (χ4n) is 3.48. The molecular formula is C15H28N2O. The van der Waals surface area contributed by atoms with E-state index in [1.165, 1.54) is 44.9 Å². The van der Waals surface area contributed by atoms with Gasteiger partial charge in [0.2, 0.25) is 5.91 Å². The third kappa shape index (κ3) is 3.71. The minimum atomic E-state index is 0.378. The van der Waals surface area contributed by atoms with Gasteiger partial charge in [-0.05, 0) is 38.6 Å². The van der Waals surface area contributed by atoms with Gasteiger partial charge in [0.25, 0.3) is 0 Å². The predicted molar refractivity (Wildman–Crippen MR) is 74.5 cm³/mol. The van der Waals surface area contributed by atoms with E-state index in [1.54, 1.807) is 0 Å². The van der Waals surface area contributed by atoms with Gasteiger partial charge in [0.15, 0.2) is 0 Å². The zero-order valence-corrected chi connectivity index (χ0v) is 11.8. The molecule has 1 aliphatic carbocycles. The summed E-state index contributed by atoms with van der Waals surface area (Å²) in [7, 11) is 2.06. The van der Waals surface area contributed by atoms with Crippen LogP contribution in [0.4, 0.5) is 0 Å². The third-order valence-corrected chi connectivity index (χ3v) is 4.68. The molecule has 2 aliphatic rings. The number of hydrogen-bond donors (Lipinski definition) is 1. The van der Waals surface area contributed by atoms with Crippen molar-refractivity contribution < 1.29 is 4.79 Å². The molecule has 18 heavy (non-hydrogen) atoms. The minimum absolute atomic E-state index is 0.378. The van der Waals surface area contributed by atoms with E-state index >= 15 is 0 Å². The summed E-state index contributed by atoms with van der Waals surface area (Å²) >= 11 is 0. The van der Waals surface area contributed by atoms with E-state index in [2.05, 4.69) is 17.3 Å². The van der Waals surface area contributed by atoms with Crippen LogP contribution in [0.5, 0.6) is 0 Å². The van der Waals surface area contributed by atoms with Gasteiger partial charge in [-0.1, -0.05) is 25.7 Å². The largest absolute Gasteiger partial charge is 0.341 e. The lowest BCUT2D eigenvalue weighted by Gasteiger charge is -2.34. The molecule has 1 unspecified atom stereocenters. The maximum absolute atomic E-state index is 12.0. The fraction of sp³-hybridized carbons (Fsp3) is 0.933. The number of nitrogens with zero attached hydrogens (tertiary/aromatic N) is 1. The first kappa shape index (κ1) is 13.9. The smallest absolute Gasteiger partial charge is 0.222 e. The van der Waals surface area contributed by atoms with Crippen LogP contribution in [-0.2, 0) is 4.79 Å². The van der Waals surface area contributed by atoms with Gasteiger partial charge in [-0.3, -0.25) is 4.79 Å². The molecule has 104 valence electrons. The average molecular weight is 252 g/mol. The summed E-state index contributed by atoms with van der Waals surface area (Å²) in [6.45, 7) is 1.91. The molecule has 2 rings (SSSR count). The van der Waals surface area contributed by atoms with Crippen LogP contribution in [0.25, 0.3) is 0 Å². The number of likely N-dealkylation sites (tertiary alicyclic amines) is 1. The van der Waals surface area contributed by atoms with Crippen LogP contribution in [0.1, 0.15) is 57.8 Å². The molecule has 1 aliphatic heterocycles. The summed E-state index contributed by atoms with van der Waals surface area (Å²) in [6.07, 6.45) is 11.1. The van der Waals surface area contributed by atoms with Crippen LogP contribution in [-0.4, -0.2) is 37.0 Å². The fourth-order valence-corrected chi connectivity index (χ4v) is 3.48. The number of carbonyl (C=O) groups is 1. The van der Waals surface area contributed by atoms with Gasteiger partial charge < -0.3 is 10.2 Å². The topological polar surface area (TPSA) is 32.3 Å². The molecule has 1 amide bonds. The lowest BCUT2D eigenvalue weighted by atomic mass is 9.83. The minimum Gasteiger partial charge on any atom is -0.341 e. The van der Waals surface area contributed by atoms with Crippen LogP contribution >= 0.6 is 0 Å². The molecule has 0 bridgehead atoms. The number of nitrogens with one attached hydrogen (secondary N) is 1. The van der Waals surface area contributed by atoms with Crippen molar-refractivity contribution in [3.63, 3.8) is 0 Å². The van der Waals surface area contributed by atoms with E-state index in [4.69, 9.17) is 0 Å². The van der Waals surface area contributed by atoms with Crippen molar-refractivity contribution in [2.45, 2.75) is 63.8 Å². The Hall–Kier alpha value is -0.570. The van der Waals surface area contributed by atoms with Gasteiger partial charge in [-0.15, -0.1) is 0 Å². The maximum atomic E-state index is 12.0. The lowest BCUT2D eigenvalue weighted by Crippen LogP contribution is -2.46. The Morgan fingerprint density at radius 2 is 1.89 bits per heavy atom. The molecule has 1 N–H and O–H groups in total. The molecular weight excluding hydrogens is 224 g/mol. The molecule has 1 saturated carbocycles. The molecule has 1 atom stereocenters. The maximum Gasteiger partial charge on any atom is 0.222 e. The Bertz CT molecular complexity index is 261. The summed E-state index contributed by atoms with van der Waals surface area (Å²) in [5, 5.41) is 3.47. The monoisotopic (exact) mass is 252 g/mol. The SMILES string of the molecule is CNC(CN1CCCCCC1=O)C1CCCCC1. The Morgan fingerprint density at radius 3 is 2.61 bits per heavy atom. The average Bonchev–Trinajstić information content (AvgIpc) is 2.62. The van der Waals surface area contributed by atoms with E-state index in [1.807, 2.05) is 0 Å². The van der Waals surface area contributed by atoms with Gasteiger partial charge in [-0.25, -0.2) is 0 Å². The third-order valence-electron chi connectivity index (χ3n) is 4.68. The summed E-state index contributed by atoms with van der Waals surface area (Å²) in [4.78, 5) is 14.2. The summed E-state index contributed by atoms with van der Waals surface area (Å²) < 4.78 is 0. The number of rotatable bonds is 4. The molecule has 0 aromatic carbocycles. The Morgan fingerprint density at radius 1 is 1.17 bits per heavy atom. The molecule has 2 fully saturated rings. The molecule has 3 nitrogen and oxygen atoms in total. The standard InChI is InChI=1S/C15H28N2O/c1-16-14(13-8-4-2-5-9-13)12-17-11-7-3-6-10-15(17)18/h13-14,16H,2-12H2,1H3. The lowest BCUT2D eigenvalue weighted by molar-refractivity contribution is -0.131. The van der Waals surface area contributed by atoms with Crippen molar-refractivity contribution in [1.29, 1.82) is 0 Å². The van der Waals surface area contributed by atoms with Crippen LogP contribution in [0.2, 0.25) is 0 Å². The summed E-state index contributed by atoms with van der Waals surface area (Å²) in [5.41, 5.74) is 0. The van der Waals surface area contributed by atoms with Gasteiger partial charge in [0.1, 0.15) is 0 Å². The van der Waals surface area contributed by atoms with Gasteiger partial charge >= 0.3 is 0 Å². The molecule has 0 radical (unpaired) electrons. The number of amides is 1. The van der Waals surface area contributed by atoms with Crippen molar-refractivity contribution in [2.24, 2.45) is 5.92 Å². The van der Waals surface area contributed by atoms with Crippen LogP contribution in [0.3, 0.4) is 0 Å². The highest BCUT2D eigenvalue weighted by molar-refractivity contribution is 5.76. The second-order valence-corrected chi connectivity index (χ2v) is 5.94. The van der Waals surface area contributed by atoms with Crippen LogP contribution in [0, 0.1) is 5.92 Å². The molecule has 1 saturated heterocycles. The zero-order valence-electron chi connectivity index (χ0n) is 11.8. The first-order chi connectivity index (χ1) is 8.81. The highest BCUT2D eigenvalue weighted by Crippen LogP contribution is 2.27. The van der Waals surface area contributed by atoms with Gasteiger partial charge in [0.05, 0.1) is 0 Å². The van der Waals surface area contributed by atoms with Crippen LogP contribution in [0.15, 0.2) is 0 Å². The van der Waals surface area contributed by atoms with Crippen molar-refractivity contribution in [3.8, 4) is 0 Å². The van der Waals surface area contributed by atoms with E-state index in [0.29, 0.717) is 11.9 Å². The Kier molecular flexibility index (Phi) is 5.48. The second-order valence-electron chi connectivity index (χ2n) is 5.94.